The molecule has 0 fully saturated rings. The summed E-state index contributed by atoms with van der Waals surface area (Å²) in [4.78, 5) is 29.9. The van der Waals surface area contributed by atoms with Crippen molar-refractivity contribution < 1.29 is 0 Å². The molecule has 4 heterocycles. The van der Waals surface area contributed by atoms with E-state index in [1.807, 2.05) is 79.3 Å². The van der Waals surface area contributed by atoms with E-state index in [1.165, 1.54) is 0 Å². The Morgan fingerprint density at radius 3 is 1.39 bits per heavy atom. The van der Waals surface area contributed by atoms with Crippen molar-refractivity contribution in [3.63, 3.8) is 0 Å². The van der Waals surface area contributed by atoms with Crippen molar-refractivity contribution in [1.29, 1.82) is 0 Å². The number of hydrogen-bond acceptors (Lipinski definition) is 6. The molecule has 0 saturated heterocycles. The number of fused-ring (bicyclic) bond motifs is 5. The Morgan fingerprint density at radius 2 is 0.768 bits per heavy atom. The van der Waals surface area contributed by atoms with Crippen LogP contribution in [0.4, 0.5) is 0 Å². The van der Waals surface area contributed by atoms with Gasteiger partial charge in [0, 0.05) is 51.4 Å². The molecule has 0 aliphatic carbocycles. The number of pyridine rings is 3. The normalized spacial score (nSPS) is 11.6. The minimum atomic E-state index is 0.572. The van der Waals surface area contributed by atoms with Gasteiger partial charge in [0.2, 0.25) is 0 Å². The molecule has 0 aliphatic rings. The molecule has 11 aromatic rings. The Kier molecular flexibility index (Phi) is 7.38. The third kappa shape index (κ3) is 5.35. The lowest BCUT2D eigenvalue weighted by molar-refractivity contribution is 1.08. The largest absolute Gasteiger partial charge is 0.256 e. The summed E-state index contributed by atoms with van der Waals surface area (Å²) in [7, 11) is 0. The summed E-state index contributed by atoms with van der Waals surface area (Å²) in [6, 6.07) is 56.8. The number of rotatable bonds is 5. The van der Waals surface area contributed by atoms with Gasteiger partial charge in [-0.15, -0.1) is 0 Å². The van der Waals surface area contributed by atoms with Crippen molar-refractivity contribution in [1.82, 2.24) is 29.9 Å². The average Bonchev–Trinajstić information content (AvgIpc) is 3.27. The van der Waals surface area contributed by atoms with E-state index in [9.17, 15) is 0 Å². The van der Waals surface area contributed by atoms with Gasteiger partial charge in [-0.25, -0.2) is 15.0 Å². The lowest BCUT2D eigenvalue weighted by Gasteiger charge is -2.17. The number of benzene rings is 7. The van der Waals surface area contributed by atoms with Crippen molar-refractivity contribution >= 4 is 54.3 Å². The molecule has 0 saturated carbocycles. The molecule has 11 rings (SSSR count). The van der Waals surface area contributed by atoms with Crippen LogP contribution in [0.3, 0.4) is 0 Å². The van der Waals surface area contributed by atoms with Gasteiger partial charge in [0.15, 0.2) is 17.5 Å². The van der Waals surface area contributed by atoms with Crippen molar-refractivity contribution in [2.45, 2.75) is 0 Å². The molecule has 0 N–H and O–H groups in total. The zero-order valence-corrected chi connectivity index (χ0v) is 30.0. The van der Waals surface area contributed by atoms with Gasteiger partial charge in [-0.3, -0.25) is 15.0 Å². The lowest BCUT2D eigenvalue weighted by atomic mass is 9.88. The molecular formula is C50H30N6. The molecule has 0 unspecified atom stereocenters. The molecule has 7 aromatic carbocycles. The van der Waals surface area contributed by atoms with Crippen molar-refractivity contribution in [3.05, 3.63) is 182 Å². The monoisotopic (exact) mass is 714 g/mol. The van der Waals surface area contributed by atoms with Gasteiger partial charge in [-0.1, -0.05) is 109 Å². The second-order valence-electron chi connectivity index (χ2n) is 13.9. The van der Waals surface area contributed by atoms with Gasteiger partial charge >= 0.3 is 0 Å². The maximum absolute atomic E-state index is 5.29. The average molecular weight is 715 g/mol. The molecular weight excluding hydrogens is 685 g/mol. The van der Waals surface area contributed by atoms with Gasteiger partial charge in [-0.05, 0) is 98.4 Å². The van der Waals surface area contributed by atoms with Gasteiger partial charge < -0.3 is 0 Å². The fourth-order valence-corrected chi connectivity index (χ4v) is 8.08. The molecule has 6 heteroatoms. The highest BCUT2D eigenvalue weighted by Gasteiger charge is 2.20. The zero-order chi connectivity index (χ0) is 37.0. The summed E-state index contributed by atoms with van der Waals surface area (Å²) in [5, 5.41) is 7.66. The second-order valence-corrected chi connectivity index (χ2v) is 13.9. The Hall–Kier alpha value is -7.70. The van der Waals surface area contributed by atoms with E-state index in [0.717, 1.165) is 93.2 Å². The molecule has 260 valence electrons. The van der Waals surface area contributed by atoms with Gasteiger partial charge in [0.1, 0.15) is 0 Å². The predicted molar refractivity (Wildman–Crippen MR) is 228 cm³/mol. The molecule has 0 spiro atoms. The van der Waals surface area contributed by atoms with Gasteiger partial charge in [0.05, 0.1) is 16.6 Å². The molecule has 0 atom stereocenters. The van der Waals surface area contributed by atoms with E-state index in [1.54, 1.807) is 0 Å². The highest BCUT2D eigenvalue weighted by Crippen LogP contribution is 2.43. The van der Waals surface area contributed by atoms with Gasteiger partial charge in [0.25, 0.3) is 0 Å². The number of nitrogens with zero attached hydrogens (tertiary/aromatic N) is 6. The molecule has 0 aliphatic heterocycles. The fourth-order valence-electron chi connectivity index (χ4n) is 8.08. The maximum Gasteiger partial charge on any atom is 0.164 e. The van der Waals surface area contributed by atoms with Crippen LogP contribution in [0.2, 0.25) is 0 Å². The highest BCUT2D eigenvalue weighted by molar-refractivity contribution is 6.15. The maximum atomic E-state index is 5.29. The Balaban J connectivity index is 1.26. The van der Waals surface area contributed by atoms with Crippen LogP contribution in [0, 0.1) is 0 Å². The first-order valence-corrected chi connectivity index (χ1v) is 18.6. The minimum absolute atomic E-state index is 0.572. The van der Waals surface area contributed by atoms with E-state index in [0.29, 0.717) is 17.5 Å². The first-order chi connectivity index (χ1) is 27.7. The molecule has 56 heavy (non-hydrogen) atoms. The van der Waals surface area contributed by atoms with Crippen LogP contribution in [0.25, 0.3) is 111 Å². The smallest absolute Gasteiger partial charge is 0.164 e. The topological polar surface area (TPSA) is 77.3 Å². The Morgan fingerprint density at radius 1 is 0.286 bits per heavy atom. The van der Waals surface area contributed by atoms with E-state index < -0.39 is 0 Å². The molecule has 4 aromatic heterocycles. The van der Waals surface area contributed by atoms with Crippen LogP contribution in [0.5, 0.6) is 0 Å². The van der Waals surface area contributed by atoms with Crippen molar-refractivity contribution in [2.75, 3.05) is 0 Å². The van der Waals surface area contributed by atoms with Crippen LogP contribution >= 0.6 is 0 Å². The minimum Gasteiger partial charge on any atom is -0.256 e. The Bertz CT molecular complexity index is 3070. The summed E-state index contributed by atoms with van der Waals surface area (Å²) in [6.45, 7) is 0. The van der Waals surface area contributed by atoms with Crippen molar-refractivity contribution in [3.8, 4) is 56.4 Å². The predicted octanol–water partition coefficient (Wildman–Crippen LogP) is 12.2. The van der Waals surface area contributed by atoms with E-state index >= 15 is 0 Å². The summed E-state index contributed by atoms with van der Waals surface area (Å²) in [5.74, 6) is 1.75. The molecule has 6 nitrogen and oxygen atoms in total. The van der Waals surface area contributed by atoms with Crippen molar-refractivity contribution in [2.24, 2.45) is 0 Å². The molecule has 0 bridgehead atoms. The SMILES string of the molecule is c1ccc(-c2nc(-c3cc(-c4c5ccccc5cc5ncccc45)cc(-c4c5ccccc5cc5ncccc45)c3)nc(-c3cccc4ncccc34)n2)cc1. The Labute approximate surface area is 321 Å². The first kappa shape index (κ1) is 31.8. The standard InChI is InChI=1S/C50H30N6/c1-2-12-31(13-3-1)48-54-49(56-50(55-48)40-18-8-22-43-39(40)19-9-23-51-43)36-27-34(46-37-16-6-4-14-32(37)29-44-41(46)20-10-24-52-44)26-35(28-36)47-38-17-7-5-15-33(38)30-45-42(47)21-11-25-53-45/h1-30H. The fraction of sp³-hybridized carbons (Fsp3) is 0. The third-order valence-electron chi connectivity index (χ3n) is 10.6. The second kappa shape index (κ2) is 13.0. The zero-order valence-electron chi connectivity index (χ0n) is 30.0. The summed E-state index contributed by atoms with van der Waals surface area (Å²) < 4.78 is 0. The lowest BCUT2D eigenvalue weighted by Crippen LogP contribution is -2.01. The summed E-state index contributed by atoms with van der Waals surface area (Å²) in [6.07, 6.45) is 5.53. The van der Waals surface area contributed by atoms with Crippen LogP contribution in [0.15, 0.2) is 182 Å². The molecule has 0 amide bonds. The number of hydrogen-bond donors (Lipinski definition) is 0. The van der Waals surface area contributed by atoms with Crippen LogP contribution in [-0.2, 0) is 0 Å². The summed E-state index contributed by atoms with van der Waals surface area (Å²) >= 11 is 0. The van der Waals surface area contributed by atoms with Gasteiger partial charge in [-0.2, -0.15) is 0 Å². The number of aromatic nitrogens is 6. The summed E-state index contributed by atoms with van der Waals surface area (Å²) in [5.41, 5.74) is 9.71. The van der Waals surface area contributed by atoms with Crippen LogP contribution < -0.4 is 0 Å². The highest BCUT2D eigenvalue weighted by atomic mass is 15.0. The molecule has 0 radical (unpaired) electrons. The van der Waals surface area contributed by atoms with Crippen LogP contribution in [0.1, 0.15) is 0 Å². The first-order valence-electron chi connectivity index (χ1n) is 18.6. The quantitative estimate of drug-likeness (QED) is 0.165. The third-order valence-corrected chi connectivity index (χ3v) is 10.6. The van der Waals surface area contributed by atoms with Crippen LogP contribution in [-0.4, -0.2) is 29.9 Å². The van der Waals surface area contributed by atoms with E-state index in [4.69, 9.17) is 24.9 Å². The van der Waals surface area contributed by atoms with E-state index in [2.05, 4.69) is 108 Å². The van der Waals surface area contributed by atoms with E-state index in [-0.39, 0.29) is 0 Å².